The van der Waals surface area contributed by atoms with Crippen LogP contribution in [0, 0.1) is 6.92 Å². The van der Waals surface area contributed by atoms with Gasteiger partial charge in [-0.25, -0.2) is 0 Å². The summed E-state index contributed by atoms with van der Waals surface area (Å²) in [6.45, 7) is 4.57. The van der Waals surface area contributed by atoms with Crippen molar-refractivity contribution in [3.05, 3.63) is 54.1 Å². The maximum absolute atomic E-state index is 12.1. The largest absolute Gasteiger partial charge is 0.497 e. The number of methoxy groups -OCH3 is 1. The molecule has 0 fully saturated rings. The first-order valence-electron chi connectivity index (χ1n) is 8.87. The zero-order valence-electron chi connectivity index (χ0n) is 16.0. The lowest BCUT2D eigenvalue weighted by molar-refractivity contribution is -0.129. The third kappa shape index (κ3) is 7.01. The number of hydrogen-bond acceptors (Lipinski definition) is 4. The quantitative estimate of drug-likeness (QED) is 0.736. The van der Waals surface area contributed by atoms with Crippen LogP contribution in [-0.2, 0) is 9.59 Å². The highest BCUT2D eigenvalue weighted by atomic mass is 16.5. The number of anilines is 1. The highest BCUT2D eigenvalue weighted by molar-refractivity contribution is 5.91. The summed E-state index contributed by atoms with van der Waals surface area (Å²) in [5.41, 5.74) is 1.84. The van der Waals surface area contributed by atoms with E-state index in [2.05, 4.69) is 5.32 Å². The van der Waals surface area contributed by atoms with E-state index in [4.69, 9.17) is 9.47 Å². The van der Waals surface area contributed by atoms with Crippen molar-refractivity contribution in [1.82, 2.24) is 4.90 Å². The summed E-state index contributed by atoms with van der Waals surface area (Å²) in [5, 5.41) is 2.85. The highest BCUT2D eigenvalue weighted by Gasteiger charge is 2.12. The maximum atomic E-state index is 12.1. The van der Waals surface area contributed by atoms with Crippen LogP contribution < -0.4 is 14.8 Å². The number of carbonyl (C=O) groups is 2. The van der Waals surface area contributed by atoms with Gasteiger partial charge >= 0.3 is 0 Å². The van der Waals surface area contributed by atoms with Crippen LogP contribution in [0.5, 0.6) is 11.5 Å². The first-order valence-corrected chi connectivity index (χ1v) is 8.87. The van der Waals surface area contributed by atoms with Gasteiger partial charge in [-0.05, 0) is 48.9 Å². The molecule has 6 heteroatoms. The fourth-order valence-corrected chi connectivity index (χ4v) is 2.56. The summed E-state index contributed by atoms with van der Waals surface area (Å²) < 4.78 is 10.8. The smallest absolute Gasteiger partial charge is 0.226 e. The van der Waals surface area contributed by atoms with Gasteiger partial charge in [0, 0.05) is 25.6 Å². The van der Waals surface area contributed by atoms with E-state index in [-0.39, 0.29) is 18.2 Å². The van der Waals surface area contributed by atoms with E-state index in [9.17, 15) is 9.59 Å². The van der Waals surface area contributed by atoms with Gasteiger partial charge in [0.1, 0.15) is 18.1 Å². The van der Waals surface area contributed by atoms with Gasteiger partial charge in [-0.15, -0.1) is 0 Å². The van der Waals surface area contributed by atoms with Crippen molar-refractivity contribution in [2.75, 3.05) is 32.1 Å². The van der Waals surface area contributed by atoms with Crippen molar-refractivity contribution in [2.24, 2.45) is 0 Å². The van der Waals surface area contributed by atoms with Crippen molar-refractivity contribution in [3.8, 4) is 11.5 Å². The Balaban J connectivity index is 1.77. The molecule has 0 aliphatic carbocycles. The molecule has 0 saturated carbocycles. The molecule has 2 aromatic carbocycles. The average molecular weight is 370 g/mol. The number of rotatable bonds is 9. The molecule has 2 rings (SSSR count). The van der Waals surface area contributed by atoms with Crippen LogP contribution in [0.25, 0.3) is 0 Å². The third-order valence-corrected chi connectivity index (χ3v) is 4.05. The molecule has 0 bridgehead atoms. The maximum Gasteiger partial charge on any atom is 0.226 e. The lowest BCUT2D eigenvalue weighted by atomic mass is 10.2. The lowest BCUT2D eigenvalue weighted by Gasteiger charge is -2.21. The number of nitrogens with one attached hydrogen (secondary N) is 1. The first kappa shape index (κ1) is 20.3. The lowest BCUT2D eigenvalue weighted by Crippen LogP contribution is -2.35. The summed E-state index contributed by atoms with van der Waals surface area (Å²) in [6, 6.07) is 14.9. The van der Waals surface area contributed by atoms with E-state index in [0.717, 1.165) is 17.0 Å². The van der Waals surface area contributed by atoms with Crippen LogP contribution in [0.4, 0.5) is 5.69 Å². The Morgan fingerprint density at radius 2 is 1.74 bits per heavy atom. The Kier molecular flexibility index (Phi) is 7.67. The second-order valence-corrected chi connectivity index (χ2v) is 6.20. The topological polar surface area (TPSA) is 67.9 Å². The molecule has 0 aliphatic rings. The number of nitrogens with zero attached hydrogens (tertiary/aromatic N) is 1. The van der Waals surface area contributed by atoms with Crippen molar-refractivity contribution in [1.29, 1.82) is 0 Å². The van der Waals surface area contributed by atoms with E-state index in [1.807, 2.05) is 55.5 Å². The number of ether oxygens (including phenoxy) is 2. The van der Waals surface area contributed by atoms with Gasteiger partial charge in [-0.2, -0.15) is 0 Å². The van der Waals surface area contributed by atoms with Crippen molar-refractivity contribution in [3.63, 3.8) is 0 Å². The molecule has 0 heterocycles. The molecule has 2 aromatic rings. The molecule has 27 heavy (non-hydrogen) atoms. The Hall–Kier alpha value is -3.02. The first-order chi connectivity index (χ1) is 13.0. The molecule has 0 spiro atoms. The predicted octanol–water partition coefficient (Wildman–Crippen LogP) is 3.26. The molecule has 0 aromatic heterocycles. The van der Waals surface area contributed by atoms with Gasteiger partial charge in [0.05, 0.1) is 13.7 Å². The average Bonchev–Trinajstić information content (AvgIpc) is 2.64. The number of aryl methyl sites for hydroxylation is 1. The number of hydrogen-bond donors (Lipinski definition) is 1. The Bertz CT molecular complexity index is 759. The molecule has 0 radical (unpaired) electrons. The normalized spacial score (nSPS) is 10.2. The number of amides is 2. The van der Waals surface area contributed by atoms with Crippen molar-refractivity contribution in [2.45, 2.75) is 20.3 Å². The standard InChI is InChI=1S/C21H26N2O4/c1-16-5-4-6-18(15-16)22-21(25)11-12-23(17(2)24)13-14-27-20-9-7-19(26-3)8-10-20/h4-10,15H,11-14H2,1-3H3,(H,22,25). The van der Waals surface area contributed by atoms with Crippen LogP contribution in [-0.4, -0.2) is 43.5 Å². The zero-order valence-corrected chi connectivity index (χ0v) is 16.0. The van der Waals surface area contributed by atoms with Gasteiger partial charge in [0.15, 0.2) is 0 Å². The van der Waals surface area contributed by atoms with Crippen LogP contribution in [0.2, 0.25) is 0 Å². The van der Waals surface area contributed by atoms with Crippen molar-refractivity contribution >= 4 is 17.5 Å². The van der Waals surface area contributed by atoms with Gasteiger partial charge in [-0.3, -0.25) is 9.59 Å². The Morgan fingerprint density at radius 3 is 2.37 bits per heavy atom. The number of carbonyl (C=O) groups excluding carboxylic acids is 2. The van der Waals surface area contributed by atoms with Crippen LogP contribution in [0.1, 0.15) is 18.9 Å². The molecule has 0 aliphatic heterocycles. The molecule has 1 N–H and O–H groups in total. The molecule has 2 amide bonds. The van der Waals surface area contributed by atoms with Crippen molar-refractivity contribution < 1.29 is 19.1 Å². The summed E-state index contributed by atoms with van der Waals surface area (Å²) in [5.74, 6) is 1.25. The zero-order chi connectivity index (χ0) is 19.6. The fraction of sp³-hybridized carbons (Fsp3) is 0.333. The third-order valence-electron chi connectivity index (χ3n) is 4.05. The second kappa shape index (κ2) is 10.2. The summed E-state index contributed by atoms with van der Waals surface area (Å²) >= 11 is 0. The molecule has 0 unspecified atom stereocenters. The minimum Gasteiger partial charge on any atom is -0.497 e. The van der Waals surface area contributed by atoms with Gasteiger partial charge in [0.2, 0.25) is 11.8 Å². The summed E-state index contributed by atoms with van der Waals surface area (Å²) in [4.78, 5) is 25.5. The van der Waals surface area contributed by atoms with E-state index in [1.165, 1.54) is 6.92 Å². The van der Waals surface area contributed by atoms with Gasteiger partial charge in [-0.1, -0.05) is 12.1 Å². The summed E-state index contributed by atoms with van der Waals surface area (Å²) in [7, 11) is 1.61. The molecular formula is C21H26N2O4. The van der Waals surface area contributed by atoms with E-state index in [1.54, 1.807) is 12.0 Å². The number of benzene rings is 2. The molecule has 6 nitrogen and oxygen atoms in total. The van der Waals surface area contributed by atoms with Crippen LogP contribution in [0.3, 0.4) is 0 Å². The molecular weight excluding hydrogens is 344 g/mol. The minimum atomic E-state index is -0.122. The van der Waals surface area contributed by atoms with E-state index in [0.29, 0.717) is 25.4 Å². The summed E-state index contributed by atoms with van der Waals surface area (Å²) in [6.07, 6.45) is 0.232. The monoisotopic (exact) mass is 370 g/mol. The van der Waals surface area contributed by atoms with Crippen LogP contribution in [0.15, 0.2) is 48.5 Å². The molecule has 144 valence electrons. The minimum absolute atomic E-state index is 0.0864. The molecule has 0 saturated heterocycles. The Labute approximate surface area is 160 Å². The SMILES string of the molecule is COc1ccc(OCCN(CCC(=O)Nc2cccc(C)c2)C(C)=O)cc1. The highest BCUT2D eigenvalue weighted by Crippen LogP contribution is 2.17. The van der Waals surface area contributed by atoms with Crippen LogP contribution >= 0.6 is 0 Å². The fourth-order valence-electron chi connectivity index (χ4n) is 2.56. The van der Waals surface area contributed by atoms with Gasteiger partial charge in [0.25, 0.3) is 0 Å². The van der Waals surface area contributed by atoms with E-state index < -0.39 is 0 Å². The Morgan fingerprint density at radius 1 is 1.04 bits per heavy atom. The van der Waals surface area contributed by atoms with E-state index >= 15 is 0 Å². The van der Waals surface area contributed by atoms with Gasteiger partial charge < -0.3 is 19.7 Å². The predicted molar refractivity (Wildman–Crippen MR) is 105 cm³/mol. The molecule has 0 atom stereocenters. The second-order valence-electron chi connectivity index (χ2n) is 6.20.